The van der Waals surface area contributed by atoms with Crippen LogP contribution >= 0.6 is 0 Å². The van der Waals surface area contributed by atoms with E-state index in [1.165, 1.54) is 0 Å². The molecular weight excluding hydrogens is 364 g/mol. The summed E-state index contributed by atoms with van der Waals surface area (Å²) >= 11 is 0. The summed E-state index contributed by atoms with van der Waals surface area (Å²) in [6.07, 6.45) is 0. The molecule has 1 unspecified atom stereocenters. The molecule has 5 nitrogen and oxygen atoms in total. The minimum atomic E-state index is -0.148. The Morgan fingerprint density at radius 3 is 2.34 bits per heavy atom. The molecule has 0 aliphatic carbocycles. The van der Waals surface area contributed by atoms with Gasteiger partial charge in [0.25, 0.3) is 5.91 Å². The lowest BCUT2D eigenvalue weighted by Crippen LogP contribution is -2.34. The van der Waals surface area contributed by atoms with E-state index in [2.05, 4.69) is 10.2 Å². The van der Waals surface area contributed by atoms with Crippen LogP contribution in [0.1, 0.15) is 22.0 Å². The lowest BCUT2D eigenvalue weighted by atomic mass is 10.0. The predicted molar refractivity (Wildman–Crippen MR) is 115 cm³/mol. The van der Waals surface area contributed by atoms with Crippen LogP contribution in [0.4, 0.5) is 0 Å². The molecule has 150 valence electrons. The summed E-state index contributed by atoms with van der Waals surface area (Å²) in [6, 6.07) is 24.5. The highest BCUT2D eigenvalue weighted by Gasteiger charge is 2.19. The Hall–Kier alpha value is -3.31. The summed E-state index contributed by atoms with van der Waals surface area (Å²) in [5, 5.41) is 3.03. The van der Waals surface area contributed by atoms with E-state index in [1.807, 2.05) is 80.8 Å². The molecule has 0 saturated heterocycles. The molecular formula is C24H26N2O3. The number of nitrogens with zero attached hydrogens (tertiary/aromatic N) is 1. The number of carbonyl (C=O) groups is 1. The zero-order chi connectivity index (χ0) is 20.6. The zero-order valence-corrected chi connectivity index (χ0v) is 17.0. The standard InChI is InChI=1S/C24H26N2O3/c1-26(2)22(21-14-7-8-15-23(21)28-3)17-25-24(27)18-10-9-13-20(16-18)29-19-11-5-4-6-12-19/h4-16,22H,17H2,1-3H3,(H,25,27). The van der Waals surface area contributed by atoms with Crippen molar-refractivity contribution in [3.63, 3.8) is 0 Å². The van der Waals surface area contributed by atoms with Gasteiger partial charge in [0.2, 0.25) is 0 Å². The van der Waals surface area contributed by atoms with Crippen LogP contribution in [0.5, 0.6) is 17.2 Å². The van der Waals surface area contributed by atoms with Crippen molar-refractivity contribution in [3.05, 3.63) is 90.0 Å². The smallest absolute Gasteiger partial charge is 0.251 e. The average Bonchev–Trinajstić information content (AvgIpc) is 2.74. The molecule has 1 atom stereocenters. The second-order valence-corrected chi connectivity index (χ2v) is 6.87. The molecule has 5 heteroatoms. The molecule has 0 radical (unpaired) electrons. The van der Waals surface area contributed by atoms with Crippen molar-refractivity contribution in [2.75, 3.05) is 27.7 Å². The monoisotopic (exact) mass is 390 g/mol. The maximum Gasteiger partial charge on any atom is 0.251 e. The number of methoxy groups -OCH3 is 1. The molecule has 0 aliphatic rings. The zero-order valence-electron chi connectivity index (χ0n) is 17.0. The fourth-order valence-electron chi connectivity index (χ4n) is 3.13. The van der Waals surface area contributed by atoms with E-state index in [9.17, 15) is 4.79 Å². The molecule has 0 bridgehead atoms. The normalized spacial score (nSPS) is 11.7. The molecule has 0 fully saturated rings. The Morgan fingerprint density at radius 1 is 0.931 bits per heavy atom. The van der Waals surface area contributed by atoms with Crippen molar-refractivity contribution in [1.29, 1.82) is 0 Å². The highest BCUT2D eigenvalue weighted by molar-refractivity contribution is 5.94. The van der Waals surface area contributed by atoms with E-state index in [4.69, 9.17) is 9.47 Å². The third kappa shape index (κ3) is 5.36. The van der Waals surface area contributed by atoms with E-state index < -0.39 is 0 Å². The molecule has 0 aliphatic heterocycles. The third-order valence-corrected chi connectivity index (χ3v) is 4.65. The van der Waals surface area contributed by atoms with Crippen LogP contribution in [0.3, 0.4) is 0 Å². The number of para-hydroxylation sites is 2. The van der Waals surface area contributed by atoms with Crippen LogP contribution in [0.25, 0.3) is 0 Å². The van der Waals surface area contributed by atoms with Crippen molar-refractivity contribution in [3.8, 4) is 17.2 Å². The molecule has 29 heavy (non-hydrogen) atoms. The van der Waals surface area contributed by atoms with Crippen molar-refractivity contribution in [1.82, 2.24) is 10.2 Å². The number of ether oxygens (including phenoxy) is 2. The number of amides is 1. The summed E-state index contributed by atoms with van der Waals surface area (Å²) < 4.78 is 11.3. The minimum Gasteiger partial charge on any atom is -0.496 e. The van der Waals surface area contributed by atoms with Gasteiger partial charge in [-0.1, -0.05) is 42.5 Å². The Morgan fingerprint density at radius 2 is 1.62 bits per heavy atom. The highest BCUT2D eigenvalue weighted by atomic mass is 16.5. The first kappa shape index (κ1) is 20.4. The lowest BCUT2D eigenvalue weighted by Gasteiger charge is -2.26. The van der Waals surface area contributed by atoms with Crippen molar-refractivity contribution >= 4 is 5.91 Å². The molecule has 0 aromatic heterocycles. The third-order valence-electron chi connectivity index (χ3n) is 4.65. The SMILES string of the molecule is COc1ccccc1C(CNC(=O)c1cccc(Oc2ccccc2)c1)N(C)C. The predicted octanol–water partition coefficient (Wildman–Crippen LogP) is 4.52. The molecule has 0 saturated carbocycles. The van der Waals surface area contributed by atoms with Gasteiger partial charge in [0.1, 0.15) is 17.2 Å². The van der Waals surface area contributed by atoms with Crippen LogP contribution < -0.4 is 14.8 Å². The Bertz CT molecular complexity index is 942. The highest BCUT2D eigenvalue weighted by Crippen LogP contribution is 2.27. The molecule has 0 heterocycles. The van der Waals surface area contributed by atoms with Gasteiger partial charge in [-0.05, 0) is 50.5 Å². The van der Waals surface area contributed by atoms with Gasteiger partial charge in [0.15, 0.2) is 0 Å². The van der Waals surface area contributed by atoms with E-state index >= 15 is 0 Å². The molecule has 0 spiro atoms. The Labute approximate surface area is 171 Å². The molecule has 3 aromatic rings. The number of likely N-dealkylation sites (N-methyl/N-ethyl adjacent to an activating group) is 1. The Kier molecular flexibility index (Phi) is 6.87. The summed E-state index contributed by atoms with van der Waals surface area (Å²) in [7, 11) is 5.62. The minimum absolute atomic E-state index is 0.0150. The van der Waals surface area contributed by atoms with Crippen molar-refractivity contribution in [2.45, 2.75) is 6.04 Å². The maximum atomic E-state index is 12.7. The molecule has 3 rings (SSSR count). The first-order valence-electron chi connectivity index (χ1n) is 9.49. The van der Waals surface area contributed by atoms with Crippen LogP contribution in [0, 0.1) is 0 Å². The van der Waals surface area contributed by atoms with Gasteiger partial charge >= 0.3 is 0 Å². The van der Waals surface area contributed by atoms with Gasteiger partial charge in [-0.15, -0.1) is 0 Å². The van der Waals surface area contributed by atoms with Gasteiger partial charge in [0, 0.05) is 17.7 Å². The van der Waals surface area contributed by atoms with E-state index in [-0.39, 0.29) is 11.9 Å². The van der Waals surface area contributed by atoms with Crippen LogP contribution in [0.15, 0.2) is 78.9 Å². The number of benzene rings is 3. The van der Waals surface area contributed by atoms with Crippen molar-refractivity contribution < 1.29 is 14.3 Å². The quantitative estimate of drug-likeness (QED) is 0.614. The average molecular weight is 390 g/mol. The second kappa shape index (κ2) is 9.75. The van der Waals surface area contributed by atoms with Gasteiger partial charge in [0.05, 0.1) is 13.2 Å². The van der Waals surface area contributed by atoms with Gasteiger partial charge in [-0.2, -0.15) is 0 Å². The largest absolute Gasteiger partial charge is 0.496 e. The molecule has 1 amide bonds. The number of nitrogens with one attached hydrogen (secondary N) is 1. The number of hydrogen-bond donors (Lipinski definition) is 1. The van der Waals surface area contributed by atoms with Gasteiger partial charge in [-0.3, -0.25) is 4.79 Å². The summed E-state index contributed by atoms with van der Waals surface area (Å²) in [5.74, 6) is 2.01. The first-order chi connectivity index (χ1) is 14.1. The van der Waals surface area contributed by atoms with Gasteiger partial charge < -0.3 is 19.7 Å². The number of carbonyl (C=O) groups excluding carboxylic acids is 1. The van der Waals surface area contributed by atoms with E-state index in [1.54, 1.807) is 19.2 Å². The first-order valence-corrected chi connectivity index (χ1v) is 9.49. The summed E-state index contributed by atoms with van der Waals surface area (Å²) in [5.41, 5.74) is 1.58. The van der Waals surface area contributed by atoms with E-state index in [0.29, 0.717) is 17.9 Å². The Balaban J connectivity index is 1.70. The lowest BCUT2D eigenvalue weighted by molar-refractivity contribution is 0.0941. The second-order valence-electron chi connectivity index (χ2n) is 6.87. The maximum absolute atomic E-state index is 12.7. The van der Waals surface area contributed by atoms with Crippen molar-refractivity contribution in [2.24, 2.45) is 0 Å². The fourth-order valence-corrected chi connectivity index (χ4v) is 3.13. The number of rotatable bonds is 8. The van der Waals surface area contributed by atoms with Crippen LogP contribution in [-0.4, -0.2) is 38.6 Å². The summed E-state index contributed by atoms with van der Waals surface area (Å²) in [6.45, 7) is 0.454. The summed E-state index contributed by atoms with van der Waals surface area (Å²) in [4.78, 5) is 14.8. The van der Waals surface area contributed by atoms with Gasteiger partial charge in [-0.25, -0.2) is 0 Å². The van der Waals surface area contributed by atoms with Crippen LogP contribution in [-0.2, 0) is 0 Å². The number of hydrogen-bond acceptors (Lipinski definition) is 4. The molecule has 1 N–H and O–H groups in total. The topological polar surface area (TPSA) is 50.8 Å². The fraction of sp³-hybridized carbons (Fsp3) is 0.208. The van der Waals surface area contributed by atoms with E-state index in [0.717, 1.165) is 17.1 Å². The molecule has 3 aromatic carbocycles. The van der Waals surface area contributed by atoms with Crippen LogP contribution in [0.2, 0.25) is 0 Å².